The molecule has 0 aromatic heterocycles. The highest BCUT2D eigenvalue weighted by atomic mass is 14.1. The number of aryl methyl sites for hydroxylation is 2. The van der Waals surface area contributed by atoms with Gasteiger partial charge in [-0.3, -0.25) is 0 Å². The van der Waals surface area contributed by atoms with E-state index < -0.39 is 0 Å². The van der Waals surface area contributed by atoms with Crippen molar-refractivity contribution in [3.8, 4) is 11.8 Å². The molecule has 2 rings (SSSR count). The standard InChI is InChI=1S/C24H26/c1-5-7-8-9-10-21(6-2)24(22-15-11-19(3)12-16-22)23-17-13-20(4)14-18-23/h6,11-18H,2,5,7-8H2,1,3-4H3. The third kappa shape index (κ3) is 4.74. The molecule has 0 spiro atoms. The van der Waals surface area contributed by atoms with E-state index in [2.05, 4.69) is 87.7 Å². The van der Waals surface area contributed by atoms with Crippen LogP contribution in [-0.2, 0) is 0 Å². The normalized spacial score (nSPS) is 9.79. The summed E-state index contributed by atoms with van der Waals surface area (Å²) in [4.78, 5) is 0. The second kappa shape index (κ2) is 8.94. The van der Waals surface area contributed by atoms with Gasteiger partial charge in [0.2, 0.25) is 0 Å². The van der Waals surface area contributed by atoms with Gasteiger partial charge in [-0.25, -0.2) is 0 Å². The fraction of sp³-hybridized carbons (Fsp3) is 0.250. The zero-order chi connectivity index (χ0) is 17.4. The Hall–Kier alpha value is -2.52. The minimum Gasteiger partial charge on any atom is -0.0979 e. The predicted octanol–water partition coefficient (Wildman–Crippen LogP) is 6.48. The molecule has 2 aromatic carbocycles. The number of benzene rings is 2. The van der Waals surface area contributed by atoms with Gasteiger partial charge >= 0.3 is 0 Å². The Labute approximate surface area is 146 Å². The van der Waals surface area contributed by atoms with Gasteiger partial charge in [0.25, 0.3) is 0 Å². The molecule has 0 aliphatic carbocycles. The van der Waals surface area contributed by atoms with Crippen LogP contribution in [0.15, 0.2) is 66.8 Å². The van der Waals surface area contributed by atoms with Gasteiger partial charge in [0.15, 0.2) is 0 Å². The average molecular weight is 314 g/mol. The quantitative estimate of drug-likeness (QED) is 0.336. The molecule has 0 radical (unpaired) electrons. The molecule has 122 valence electrons. The van der Waals surface area contributed by atoms with E-state index in [1.807, 2.05) is 6.08 Å². The molecule has 0 fully saturated rings. The van der Waals surface area contributed by atoms with Crippen molar-refractivity contribution in [2.45, 2.75) is 40.0 Å². The number of hydrogen-bond donors (Lipinski definition) is 0. The van der Waals surface area contributed by atoms with E-state index >= 15 is 0 Å². The molecule has 0 unspecified atom stereocenters. The largest absolute Gasteiger partial charge is 0.0979 e. The molecule has 0 bridgehead atoms. The Morgan fingerprint density at radius 3 is 1.83 bits per heavy atom. The fourth-order valence-corrected chi connectivity index (χ4v) is 2.56. The highest BCUT2D eigenvalue weighted by Gasteiger charge is 2.09. The first-order valence-electron chi connectivity index (χ1n) is 8.65. The Morgan fingerprint density at radius 1 is 0.917 bits per heavy atom. The van der Waals surface area contributed by atoms with E-state index in [0.717, 1.165) is 24.0 Å². The summed E-state index contributed by atoms with van der Waals surface area (Å²) >= 11 is 0. The summed E-state index contributed by atoms with van der Waals surface area (Å²) in [6.45, 7) is 10.4. The first-order valence-corrected chi connectivity index (χ1v) is 8.65. The van der Waals surface area contributed by atoms with Crippen LogP contribution in [0.3, 0.4) is 0 Å². The lowest BCUT2D eigenvalue weighted by Crippen LogP contribution is -1.93. The molecule has 2 aromatic rings. The highest BCUT2D eigenvalue weighted by Crippen LogP contribution is 2.28. The molecule has 0 nitrogen and oxygen atoms in total. The first-order chi connectivity index (χ1) is 11.7. The van der Waals surface area contributed by atoms with Gasteiger partial charge < -0.3 is 0 Å². The monoisotopic (exact) mass is 314 g/mol. The number of unbranched alkanes of at least 4 members (excludes halogenated alkanes) is 2. The Balaban J connectivity index is 2.56. The third-order valence-electron chi connectivity index (χ3n) is 4.03. The van der Waals surface area contributed by atoms with Gasteiger partial charge in [-0.1, -0.05) is 97.5 Å². The summed E-state index contributed by atoms with van der Waals surface area (Å²) in [6.07, 6.45) is 5.13. The van der Waals surface area contributed by atoms with Gasteiger partial charge in [0.1, 0.15) is 0 Å². The minimum atomic E-state index is 0.933. The maximum absolute atomic E-state index is 4.01. The van der Waals surface area contributed by atoms with Gasteiger partial charge in [0, 0.05) is 17.6 Å². The van der Waals surface area contributed by atoms with E-state index in [0.29, 0.717) is 0 Å². The summed E-state index contributed by atoms with van der Waals surface area (Å²) in [7, 11) is 0. The fourth-order valence-electron chi connectivity index (χ4n) is 2.56. The molecule has 0 aliphatic heterocycles. The molecule has 0 aliphatic rings. The van der Waals surface area contributed by atoms with E-state index in [1.54, 1.807) is 0 Å². The van der Waals surface area contributed by atoms with Crippen LogP contribution < -0.4 is 0 Å². The van der Waals surface area contributed by atoms with Crippen LogP contribution >= 0.6 is 0 Å². The molecule has 0 saturated carbocycles. The molecule has 0 atom stereocenters. The van der Waals surface area contributed by atoms with Crippen LogP contribution in [0.1, 0.15) is 48.4 Å². The second-order valence-corrected chi connectivity index (χ2v) is 6.13. The topological polar surface area (TPSA) is 0 Å². The van der Waals surface area contributed by atoms with E-state index in [1.165, 1.54) is 28.7 Å². The van der Waals surface area contributed by atoms with Crippen LogP contribution in [0.5, 0.6) is 0 Å². The van der Waals surface area contributed by atoms with Crippen molar-refractivity contribution in [2.24, 2.45) is 0 Å². The molecule has 0 saturated heterocycles. The number of hydrogen-bond acceptors (Lipinski definition) is 0. The molecule has 0 heteroatoms. The van der Waals surface area contributed by atoms with Crippen molar-refractivity contribution in [1.82, 2.24) is 0 Å². The maximum atomic E-state index is 4.01. The average Bonchev–Trinajstić information content (AvgIpc) is 2.60. The lowest BCUT2D eigenvalue weighted by atomic mass is 9.92. The molecule has 24 heavy (non-hydrogen) atoms. The summed E-state index contributed by atoms with van der Waals surface area (Å²) in [5, 5.41) is 0. The highest BCUT2D eigenvalue weighted by molar-refractivity contribution is 5.86. The molecule has 0 amide bonds. The molecular weight excluding hydrogens is 288 g/mol. The first kappa shape index (κ1) is 17.8. The minimum absolute atomic E-state index is 0.933. The zero-order valence-corrected chi connectivity index (χ0v) is 15.0. The lowest BCUT2D eigenvalue weighted by molar-refractivity contribution is 0.828. The smallest absolute Gasteiger partial charge is 0.0323 e. The summed E-state index contributed by atoms with van der Waals surface area (Å²) < 4.78 is 0. The van der Waals surface area contributed by atoms with Crippen LogP contribution in [0, 0.1) is 25.7 Å². The van der Waals surface area contributed by atoms with Crippen molar-refractivity contribution in [3.63, 3.8) is 0 Å². The zero-order valence-electron chi connectivity index (χ0n) is 15.0. The molecule has 0 heterocycles. The van der Waals surface area contributed by atoms with E-state index in [9.17, 15) is 0 Å². The van der Waals surface area contributed by atoms with Crippen LogP contribution in [0.25, 0.3) is 5.57 Å². The Kier molecular flexibility index (Phi) is 6.64. The van der Waals surface area contributed by atoms with Gasteiger partial charge in [-0.15, -0.1) is 0 Å². The lowest BCUT2D eigenvalue weighted by Gasteiger charge is -2.11. The van der Waals surface area contributed by atoms with Crippen molar-refractivity contribution >= 4 is 5.57 Å². The summed E-state index contributed by atoms with van der Waals surface area (Å²) in [5.74, 6) is 6.64. The van der Waals surface area contributed by atoms with Crippen LogP contribution in [0.4, 0.5) is 0 Å². The Bertz CT molecular complexity index is 712. The van der Waals surface area contributed by atoms with E-state index in [4.69, 9.17) is 0 Å². The van der Waals surface area contributed by atoms with Gasteiger partial charge in [0.05, 0.1) is 0 Å². The van der Waals surface area contributed by atoms with Crippen LogP contribution in [-0.4, -0.2) is 0 Å². The van der Waals surface area contributed by atoms with Crippen molar-refractivity contribution in [2.75, 3.05) is 0 Å². The van der Waals surface area contributed by atoms with Crippen molar-refractivity contribution in [3.05, 3.63) is 89.0 Å². The predicted molar refractivity (Wildman–Crippen MR) is 106 cm³/mol. The van der Waals surface area contributed by atoms with Gasteiger partial charge in [-0.2, -0.15) is 0 Å². The molecular formula is C24H26. The summed E-state index contributed by atoms with van der Waals surface area (Å²) in [6, 6.07) is 17.3. The van der Waals surface area contributed by atoms with Crippen molar-refractivity contribution in [1.29, 1.82) is 0 Å². The van der Waals surface area contributed by atoms with Crippen molar-refractivity contribution < 1.29 is 0 Å². The SMILES string of the molecule is C=CC(C#CCCCC)=C(c1ccc(C)cc1)c1ccc(C)cc1. The van der Waals surface area contributed by atoms with E-state index in [-0.39, 0.29) is 0 Å². The van der Waals surface area contributed by atoms with Crippen LogP contribution in [0.2, 0.25) is 0 Å². The summed E-state index contributed by atoms with van der Waals surface area (Å²) in [5.41, 5.74) is 7.05. The number of allylic oxidation sites excluding steroid dienone is 2. The maximum Gasteiger partial charge on any atom is 0.0323 e. The Morgan fingerprint density at radius 2 is 1.42 bits per heavy atom. The second-order valence-electron chi connectivity index (χ2n) is 6.13. The third-order valence-corrected chi connectivity index (χ3v) is 4.03. The molecule has 0 N–H and O–H groups in total. The number of rotatable bonds is 5. The van der Waals surface area contributed by atoms with Gasteiger partial charge in [-0.05, 0) is 31.4 Å².